The maximum atomic E-state index is 12.1. The largest absolute Gasteiger partial charge is 0.538 e. The van der Waals surface area contributed by atoms with E-state index in [1.54, 1.807) is 25.3 Å². The van der Waals surface area contributed by atoms with E-state index in [0.717, 1.165) is 0 Å². The van der Waals surface area contributed by atoms with Crippen LogP contribution in [0, 0.1) is 0 Å². The van der Waals surface area contributed by atoms with Crippen LogP contribution in [-0.4, -0.2) is 21.7 Å². The molecule has 24 heavy (non-hydrogen) atoms. The molecule has 0 aliphatic rings. The molecule has 0 aliphatic heterocycles. The molecule has 0 saturated heterocycles. The fourth-order valence-corrected chi connectivity index (χ4v) is 3.09. The second kappa shape index (κ2) is 6.43. The summed E-state index contributed by atoms with van der Waals surface area (Å²) in [6.45, 7) is 10.6. The van der Waals surface area contributed by atoms with E-state index < -0.39 is 13.9 Å². The van der Waals surface area contributed by atoms with Crippen molar-refractivity contribution in [2.75, 3.05) is 7.11 Å². The molecule has 0 radical (unpaired) electrons. The third-order valence-electron chi connectivity index (χ3n) is 4.58. The van der Waals surface area contributed by atoms with Gasteiger partial charge >= 0.3 is 5.63 Å². The Bertz CT molecular complexity index is 814. The molecule has 0 amide bonds. The Kier molecular flexibility index (Phi) is 4.89. The maximum absolute atomic E-state index is 12.1. The molecule has 0 spiro atoms. The van der Waals surface area contributed by atoms with Crippen LogP contribution in [0.2, 0.25) is 18.1 Å². The lowest BCUT2D eigenvalue weighted by atomic mass is 10.1. The smallest absolute Gasteiger partial charge is 0.340 e. The number of hydrogen-bond acceptors (Lipinski definition) is 5. The Balaban J connectivity index is 2.68. The van der Waals surface area contributed by atoms with E-state index in [1.807, 2.05) is 0 Å². The zero-order valence-corrected chi connectivity index (χ0v) is 16.1. The van der Waals surface area contributed by atoms with Gasteiger partial charge in [-0.2, -0.15) is 0 Å². The van der Waals surface area contributed by atoms with E-state index in [0.29, 0.717) is 34.3 Å². The second-order valence-electron chi connectivity index (χ2n) is 7.31. The molecule has 6 heteroatoms. The number of aldehydes is 1. The van der Waals surface area contributed by atoms with Crippen LogP contribution in [0.4, 0.5) is 0 Å². The molecule has 130 valence electrons. The van der Waals surface area contributed by atoms with E-state index in [1.165, 1.54) is 0 Å². The van der Waals surface area contributed by atoms with Crippen molar-refractivity contribution < 1.29 is 18.4 Å². The molecule has 2 aromatic rings. The number of fused-ring (bicyclic) bond motifs is 1. The lowest BCUT2D eigenvalue weighted by Crippen LogP contribution is -2.44. The minimum atomic E-state index is -2.15. The van der Waals surface area contributed by atoms with Crippen LogP contribution in [0.15, 0.2) is 27.4 Å². The van der Waals surface area contributed by atoms with Crippen molar-refractivity contribution in [2.24, 2.45) is 0 Å². The first-order valence-electron chi connectivity index (χ1n) is 7.87. The fourth-order valence-electron chi connectivity index (χ4n) is 2.08. The van der Waals surface area contributed by atoms with Gasteiger partial charge in [-0.05, 0) is 36.3 Å². The summed E-state index contributed by atoms with van der Waals surface area (Å²) in [5, 5.41) is 0.693. The van der Waals surface area contributed by atoms with Gasteiger partial charge in [-0.3, -0.25) is 0 Å². The van der Waals surface area contributed by atoms with Crippen LogP contribution >= 0.6 is 0 Å². The first-order valence-corrected chi connectivity index (χ1v) is 10.8. The molecule has 1 heterocycles. The quantitative estimate of drug-likeness (QED) is 0.465. The molecule has 0 unspecified atom stereocenters. The first-order chi connectivity index (χ1) is 11.1. The van der Waals surface area contributed by atoms with Crippen molar-refractivity contribution >= 4 is 25.6 Å². The van der Waals surface area contributed by atoms with Crippen LogP contribution in [0.1, 0.15) is 26.3 Å². The maximum Gasteiger partial charge on any atom is 0.340 e. The summed E-state index contributed by atoms with van der Waals surface area (Å²) in [5.41, 5.74) is 0.169. The van der Waals surface area contributed by atoms with Gasteiger partial charge in [-0.1, -0.05) is 20.8 Å². The van der Waals surface area contributed by atoms with E-state index in [2.05, 4.69) is 33.9 Å². The molecule has 1 aromatic heterocycles. The van der Waals surface area contributed by atoms with Crippen LogP contribution in [0.5, 0.6) is 11.5 Å². The van der Waals surface area contributed by atoms with Gasteiger partial charge in [0.25, 0.3) is 8.32 Å². The molecule has 1 aromatic carbocycles. The molecule has 0 fully saturated rings. The van der Waals surface area contributed by atoms with Crippen molar-refractivity contribution in [1.29, 1.82) is 0 Å². The third kappa shape index (κ3) is 3.38. The average molecular weight is 348 g/mol. The molecule has 5 nitrogen and oxygen atoms in total. The summed E-state index contributed by atoms with van der Waals surface area (Å²) in [7, 11) is -0.601. The van der Waals surface area contributed by atoms with Gasteiger partial charge in [-0.25, -0.2) is 4.79 Å². The molecule has 0 atom stereocenters. The second-order valence-corrected chi connectivity index (χ2v) is 12.0. The predicted molar refractivity (Wildman–Crippen MR) is 96.6 cm³/mol. The van der Waals surface area contributed by atoms with Gasteiger partial charge < -0.3 is 18.4 Å². The number of ether oxygens (including phenoxy) is 1. The van der Waals surface area contributed by atoms with E-state index >= 15 is 0 Å². The summed E-state index contributed by atoms with van der Waals surface area (Å²) in [6.07, 6.45) is 0.720. The minimum Gasteiger partial charge on any atom is -0.538 e. The van der Waals surface area contributed by atoms with Gasteiger partial charge in [0.2, 0.25) is 0 Å². The predicted octanol–water partition coefficient (Wildman–Crippen LogP) is 3.93. The van der Waals surface area contributed by atoms with Crippen molar-refractivity contribution in [3.8, 4) is 11.5 Å². The highest BCUT2D eigenvalue weighted by atomic mass is 28.4. The molecule has 0 bridgehead atoms. The zero-order chi connectivity index (χ0) is 18.1. The normalized spacial score (nSPS) is 12.2. The number of methoxy groups -OCH3 is 1. The van der Waals surface area contributed by atoms with Crippen LogP contribution < -0.4 is 14.8 Å². The lowest BCUT2D eigenvalue weighted by Gasteiger charge is -2.36. The highest BCUT2D eigenvalue weighted by Crippen LogP contribution is 2.42. The highest BCUT2D eigenvalue weighted by molar-refractivity contribution is 6.74. The Morgan fingerprint density at radius 1 is 1.25 bits per heavy atom. The molecular weight excluding hydrogens is 324 g/mol. The molecule has 0 N–H and O–H groups in total. The first kappa shape index (κ1) is 18.3. The Morgan fingerprint density at radius 2 is 1.92 bits per heavy atom. The van der Waals surface area contributed by atoms with Crippen LogP contribution in [-0.2, 0) is 11.2 Å². The monoisotopic (exact) mass is 348 g/mol. The molecular formula is C18H24O5Si. The van der Waals surface area contributed by atoms with E-state index in [-0.39, 0.29) is 11.5 Å². The van der Waals surface area contributed by atoms with Crippen LogP contribution in [0.25, 0.3) is 11.0 Å². The standard InChI is InChI=1S/C18H24O5Si/c1-18(2,3)24(5,6)23-16-14(21-4)8-7-12-11-13(9-10-19)17(20)22-15(12)16/h7-8,10-11H,9H2,1-6H3. The number of rotatable bonds is 5. The Hall–Kier alpha value is -2.08. The number of carbonyl (C=O) groups excluding carboxylic acids is 1. The molecule has 2 rings (SSSR count). The van der Waals surface area contributed by atoms with Gasteiger partial charge in [0.1, 0.15) is 6.29 Å². The minimum absolute atomic E-state index is 0.0159. The van der Waals surface area contributed by atoms with Crippen molar-refractivity contribution in [2.45, 2.75) is 45.3 Å². The zero-order valence-electron chi connectivity index (χ0n) is 15.1. The Labute approximate surface area is 142 Å². The Morgan fingerprint density at radius 3 is 2.46 bits per heavy atom. The van der Waals surface area contributed by atoms with Crippen molar-refractivity contribution in [1.82, 2.24) is 0 Å². The fraction of sp³-hybridized carbons (Fsp3) is 0.444. The average Bonchev–Trinajstić information content (AvgIpc) is 2.48. The number of benzene rings is 1. The summed E-state index contributed by atoms with van der Waals surface area (Å²) in [6, 6.07) is 5.26. The van der Waals surface area contributed by atoms with Crippen molar-refractivity contribution in [3.05, 3.63) is 34.2 Å². The highest BCUT2D eigenvalue weighted by Gasteiger charge is 2.40. The van der Waals surface area contributed by atoms with Gasteiger partial charge in [0.15, 0.2) is 17.1 Å². The summed E-state index contributed by atoms with van der Waals surface area (Å²) < 4.78 is 17.3. The van der Waals surface area contributed by atoms with Crippen LogP contribution in [0.3, 0.4) is 0 Å². The third-order valence-corrected chi connectivity index (χ3v) is 8.91. The van der Waals surface area contributed by atoms with Crippen molar-refractivity contribution in [3.63, 3.8) is 0 Å². The number of carbonyl (C=O) groups is 1. The summed E-state index contributed by atoms with van der Waals surface area (Å²) in [4.78, 5) is 22.8. The molecule has 0 aliphatic carbocycles. The summed E-state index contributed by atoms with van der Waals surface area (Å²) in [5.74, 6) is 0.981. The topological polar surface area (TPSA) is 65.7 Å². The van der Waals surface area contributed by atoms with Gasteiger partial charge in [0, 0.05) is 17.4 Å². The van der Waals surface area contributed by atoms with Gasteiger partial charge in [0.05, 0.1) is 7.11 Å². The van der Waals surface area contributed by atoms with E-state index in [9.17, 15) is 9.59 Å². The summed E-state index contributed by atoms with van der Waals surface area (Å²) >= 11 is 0. The number of hydrogen-bond donors (Lipinski definition) is 0. The SMILES string of the molecule is COc1ccc2cc(CC=O)c(=O)oc2c1O[Si](C)(C)C(C)(C)C. The lowest BCUT2D eigenvalue weighted by molar-refractivity contribution is -0.107. The van der Waals surface area contributed by atoms with Gasteiger partial charge in [-0.15, -0.1) is 0 Å². The molecule has 0 saturated carbocycles. The van der Waals surface area contributed by atoms with E-state index in [4.69, 9.17) is 13.6 Å².